The van der Waals surface area contributed by atoms with Crippen molar-refractivity contribution in [3.63, 3.8) is 0 Å². The maximum atomic E-state index is 13.8. The lowest BCUT2D eigenvalue weighted by atomic mass is 9.92. The first-order valence-electron chi connectivity index (χ1n) is 14.5. The Kier molecular flexibility index (Phi) is 9.42. The number of pyridine rings is 1. The van der Waals surface area contributed by atoms with E-state index in [9.17, 15) is 14.3 Å². The molecular weight excluding hydrogens is 503 g/mol. The van der Waals surface area contributed by atoms with Crippen LogP contribution in [0.5, 0.6) is 0 Å². The first-order valence-corrected chi connectivity index (χ1v) is 14.5. The van der Waals surface area contributed by atoms with Gasteiger partial charge in [-0.25, -0.2) is 4.39 Å². The maximum Gasteiger partial charge on any atom is 0.225 e. The van der Waals surface area contributed by atoms with E-state index >= 15 is 0 Å². The number of nitrogens with zero attached hydrogens (tertiary/aromatic N) is 2. The van der Waals surface area contributed by atoms with Crippen LogP contribution in [0.15, 0.2) is 54.6 Å². The Labute approximate surface area is 238 Å². The summed E-state index contributed by atoms with van der Waals surface area (Å²) in [4.78, 5) is 20.1. The summed E-state index contributed by atoms with van der Waals surface area (Å²) in [5.74, 6) is -1.16. The molecule has 214 valence electrons. The van der Waals surface area contributed by atoms with Gasteiger partial charge in [0.05, 0.1) is 23.7 Å². The molecule has 0 saturated heterocycles. The fourth-order valence-corrected chi connectivity index (χ4v) is 5.58. The normalized spacial score (nSPS) is 14.9. The van der Waals surface area contributed by atoms with Crippen molar-refractivity contribution in [2.24, 2.45) is 0 Å². The van der Waals surface area contributed by atoms with Crippen LogP contribution in [0.1, 0.15) is 90.8 Å². The Bertz CT molecular complexity index is 1330. The van der Waals surface area contributed by atoms with Crippen molar-refractivity contribution in [2.75, 3.05) is 0 Å². The Morgan fingerprint density at radius 1 is 1.10 bits per heavy atom. The van der Waals surface area contributed by atoms with Gasteiger partial charge in [0, 0.05) is 34.5 Å². The number of allylic oxidation sites excluding steroid dienone is 1. The van der Waals surface area contributed by atoms with Crippen LogP contribution in [0, 0.1) is 5.82 Å². The van der Waals surface area contributed by atoms with E-state index in [-0.39, 0.29) is 30.2 Å². The van der Waals surface area contributed by atoms with E-state index in [4.69, 9.17) is 9.72 Å². The van der Waals surface area contributed by atoms with Crippen molar-refractivity contribution in [3.8, 4) is 11.1 Å². The molecule has 5 nitrogen and oxygen atoms in total. The van der Waals surface area contributed by atoms with Crippen LogP contribution >= 0.6 is 0 Å². The van der Waals surface area contributed by atoms with Crippen molar-refractivity contribution in [1.29, 1.82) is 0 Å². The number of ether oxygens (including phenoxy) is 1. The second-order valence-electron chi connectivity index (χ2n) is 11.9. The molecule has 1 aliphatic carbocycles. The van der Waals surface area contributed by atoms with Gasteiger partial charge in [0.1, 0.15) is 5.82 Å². The third-order valence-electron chi connectivity index (χ3n) is 7.25. The van der Waals surface area contributed by atoms with Gasteiger partial charge in [-0.05, 0) is 91.0 Å². The molecule has 1 aliphatic rings. The predicted molar refractivity (Wildman–Crippen MR) is 160 cm³/mol. The second kappa shape index (κ2) is 12.6. The minimum Gasteiger partial charge on any atom is -0.366 e. The summed E-state index contributed by atoms with van der Waals surface area (Å²) >= 11 is 0. The number of rotatable bonds is 12. The molecule has 0 aliphatic heterocycles. The highest BCUT2D eigenvalue weighted by Crippen LogP contribution is 2.45. The standard InChI is InChI=1S/C34H43FN2O3/c1-22(2)37(23(3)4)31(38)21-27(40-34(5,6)39)11-7-8-13-29-32(24-17-19-26(35)20-18-24)28-12-9-10-14-30(28)36-33(29)25-15-16-25/h8-10,12-14,17-20,22-23,25,27,39H,7,11,15-16,21H2,1-6H3/b13-8+/t27-/m1/s1. The second-order valence-corrected chi connectivity index (χ2v) is 11.9. The fourth-order valence-electron chi connectivity index (χ4n) is 5.58. The number of aromatic nitrogens is 1. The highest BCUT2D eigenvalue weighted by Gasteiger charge is 2.30. The number of carbonyl (C=O) groups excluding carboxylic acids is 1. The van der Waals surface area contributed by atoms with Gasteiger partial charge >= 0.3 is 0 Å². The van der Waals surface area contributed by atoms with E-state index in [2.05, 4.69) is 18.2 Å². The van der Waals surface area contributed by atoms with E-state index in [1.807, 2.05) is 62.9 Å². The number of hydrogen-bond acceptors (Lipinski definition) is 4. The molecule has 6 heteroatoms. The summed E-state index contributed by atoms with van der Waals surface area (Å²) in [6, 6.07) is 15.0. The van der Waals surface area contributed by atoms with Crippen LogP contribution in [0.3, 0.4) is 0 Å². The van der Waals surface area contributed by atoms with Crippen LogP contribution in [-0.2, 0) is 9.53 Å². The predicted octanol–water partition coefficient (Wildman–Crippen LogP) is 7.86. The zero-order valence-electron chi connectivity index (χ0n) is 24.7. The van der Waals surface area contributed by atoms with Crippen molar-refractivity contribution in [1.82, 2.24) is 9.88 Å². The van der Waals surface area contributed by atoms with Crippen LogP contribution < -0.4 is 0 Å². The molecule has 1 saturated carbocycles. The van der Waals surface area contributed by atoms with Gasteiger partial charge in [0.2, 0.25) is 5.91 Å². The number of para-hydroxylation sites is 1. The van der Waals surface area contributed by atoms with E-state index in [1.165, 1.54) is 12.1 Å². The van der Waals surface area contributed by atoms with Crippen LogP contribution in [0.25, 0.3) is 28.1 Å². The molecule has 1 heterocycles. The van der Waals surface area contributed by atoms with E-state index in [1.54, 1.807) is 13.8 Å². The first-order chi connectivity index (χ1) is 18.9. The lowest BCUT2D eigenvalue weighted by Crippen LogP contribution is -2.44. The number of aliphatic hydroxyl groups is 1. The van der Waals surface area contributed by atoms with Crippen LogP contribution in [0.2, 0.25) is 0 Å². The zero-order chi connectivity index (χ0) is 29.0. The average molecular weight is 547 g/mol. The summed E-state index contributed by atoms with van der Waals surface area (Å²) in [6.07, 6.45) is 7.49. The number of hydrogen-bond donors (Lipinski definition) is 1. The molecule has 1 N–H and O–H groups in total. The molecule has 1 fully saturated rings. The lowest BCUT2D eigenvalue weighted by molar-refractivity contribution is -0.208. The number of carbonyl (C=O) groups is 1. The Morgan fingerprint density at radius 2 is 1.75 bits per heavy atom. The number of halogens is 1. The van der Waals surface area contributed by atoms with Crippen molar-refractivity contribution < 1.29 is 19.0 Å². The van der Waals surface area contributed by atoms with Gasteiger partial charge in [0.25, 0.3) is 0 Å². The highest BCUT2D eigenvalue weighted by molar-refractivity contribution is 5.99. The largest absolute Gasteiger partial charge is 0.366 e. The monoisotopic (exact) mass is 546 g/mol. The highest BCUT2D eigenvalue weighted by atomic mass is 19.1. The number of amides is 1. The molecule has 0 spiro atoms. The smallest absolute Gasteiger partial charge is 0.225 e. The Balaban J connectivity index is 1.63. The minimum absolute atomic E-state index is 0.0246. The van der Waals surface area contributed by atoms with Gasteiger partial charge in [-0.2, -0.15) is 0 Å². The Hall–Kier alpha value is -3.09. The third kappa shape index (κ3) is 7.55. The first kappa shape index (κ1) is 29.9. The zero-order valence-corrected chi connectivity index (χ0v) is 24.7. The summed E-state index contributed by atoms with van der Waals surface area (Å²) in [6.45, 7) is 11.3. The van der Waals surface area contributed by atoms with E-state index < -0.39 is 11.9 Å². The quantitative estimate of drug-likeness (QED) is 0.235. The maximum absolute atomic E-state index is 13.8. The topological polar surface area (TPSA) is 62.7 Å². The summed E-state index contributed by atoms with van der Waals surface area (Å²) in [5.41, 5.74) is 5.11. The van der Waals surface area contributed by atoms with Gasteiger partial charge in [0.15, 0.2) is 5.79 Å². The Morgan fingerprint density at radius 3 is 2.35 bits per heavy atom. The molecule has 0 bridgehead atoms. The lowest BCUT2D eigenvalue weighted by Gasteiger charge is -2.33. The van der Waals surface area contributed by atoms with Crippen LogP contribution in [0.4, 0.5) is 4.39 Å². The average Bonchev–Trinajstić information content (AvgIpc) is 3.70. The molecule has 1 atom stereocenters. The van der Waals surface area contributed by atoms with Crippen LogP contribution in [-0.4, -0.2) is 44.9 Å². The number of fused-ring (bicyclic) bond motifs is 1. The van der Waals surface area contributed by atoms with Gasteiger partial charge in [-0.15, -0.1) is 0 Å². The summed E-state index contributed by atoms with van der Waals surface area (Å²) < 4.78 is 19.8. The SMILES string of the molecule is CC(C)N(C(=O)C[C@@H](CC/C=C/c1c(C2CC2)nc2ccccc2c1-c1ccc(F)cc1)OC(C)(C)O)C(C)C. The van der Waals surface area contributed by atoms with Crippen molar-refractivity contribution in [2.45, 2.75) is 104 Å². The van der Waals surface area contributed by atoms with Crippen molar-refractivity contribution >= 4 is 22.9 Å². The third-order valence-corrected chi connectivity index (χ3v) is 7.25. The molecule has 40 heavy (non-hydrogen) atoms. The molecule has 0 unspecified atom stereocenters. The molecular formula is C34H43FN2O3. The van der Waals surface area contributed by atoms with Gasteiger partial charge in [-0.3, -0.25) is 9.78 Å². The molecule has 1 amide bonds. The molecule has 0 radical (unpaired) electrons. The molecule has 4 rings (SSSR count). The van der Waals surface area contributed by atoms with Gasteiger partial charge < -0.3 is 14.7 Å². The molecule has 1 aromatic heterocycles. The van der Waals surface area contributed by atoms with Crippen molar-refractivity contribution in [3.05, 3.63) is 71.7 Å². The van der Waals surface area contributed by atoms with E-state index in [0.29, 0.717) is 18.8 Å². The number of benzene rings is 2. The summed E-state index contributed by atoms with van der Waals surface area (Å²) in [5, 5.41) is 11.4. The molecule has 3 aromatic rings. The van der Waals surface area contributed by atoms with E-state index in [0.717, 1.165) is 46.1 Å². The molecule has 2 aromatic carbocycles. The summed E-state index contributed by atoms with van der Waals surface area (Å²) in [7, 11) is 0. The minimum atomic E-state index is -1.34. The fraction of sp³-hybridized carbons (Fsp3) is 0.471. The van der Waals surface area contributed by atoms with Gasteiger partial charge in [-0.1, -0.05) is 42.5 Å².